The molecule has 1 aliphatic rings. The van der Waals surface area contributed by atoms with E-state index in [1.807, 2.05) is 0 Å². The molecule has 0 saturated carbocycles. The predicted octanol–water partition coefficient (Wildman–Crippen LogP) is 5.64. The Hall–Kier alpha value is -1.55. The van der Waals surface area contributed by atoms with Crippen LogP contribution in [0.5, 0.6) is 0 Å². The van der Waals surface area contributed by atoms with Crippen LogP contribution in [0.3, 0.4) is 0 Å². The fraction of sp³-hybridized carbons (Fsp3) is 0.520. The largest absolute Gasteiger partial charge is 0.378 e. The fourth-order valence-corrected chi connectivity index (χ4v) is 4.40. The highest BCUT2D eigenvalue weighted by Crippen LogP contribution is 2.39. The topological polar surface area (TPSA) is 24.5 Å². The summed E-state index contributed by atoms with van der Waals surface area (Å²) in [4.78, 5) is 2.14. The van der Waals surface area contributed by atoms with Crippen LogP contribution in [0.1, 0.15) is 50.2 Å². The molecule has 3 nitrogen and oxygen atoms in total. The Morgan fingerprint density at radius 2 is 1.76 bits per heavy atom. The van der Waals surface area contributed by atoms with Crippen LogP contribution in [-0.2, 0) is 11.3 Å². The smallest absolute Gasteiger partial charge is 0.0629 e. The van der Waals surface area contributed by atoms with Crippen LogP contribution in [0.4, 0.5) is 5.69 Å². The van der Waals surface area contributed by atoms with Gasteiger partial charge in [-0.3, -0.25) is 0 Å². The molecule has 160 valence electrons. The lowest BCUT2D eigenvalue weighted by atomic mass is 9.75. The minimum absolute atomic E-state index is 0. The summed E-state index contributed by atoms with van der Waals surface area (Å²) in [5.74, 6) is 1.28. The van der Waals surface area contributed by atoms with E-state index in [-0.39, 0.29) is 18.0 Å². The monoisotopic (exact) mass is 416 g/mol. The van der Waals surface area contributed by atoms with Crippen molar-refractivity contribution < 1.29 is 4.74 Å². The van der Waals surface area contributed by atoms with Crippen LogP contribution < -0.4 is 10.2 Å². The lowest BCUT2D eigenvalue weighted by molar-refractivity contribution is -0.0771. The average molecular weight is 417 g/mol. The van der Waals surface area contributed by atoms with E-state index < -0.39 is 0 Å². The van der Waals surface area contributed by atoms with Gasteiger partial charge in [0.15, 0.2) is 0 Å². The molecule has 0 aromatic heterocycles. The second-order valence-electron chi connectivity index (χ2n) is 8.90. The van der Waals surface area contributed by atoms with Crippen molar-refractivity contribution in [3.63, 3.8) is 0 Å². The van der Waals surface area contributed by atoms with Gasteiger partial charge in [-0.25, -0.2) is 0 Å². The van der Waals surface area contributed by atoms with Gasteiger partial charge in [0.1, 0.15) is 0 Å². The second-order valence-corrected chi connectivity index (χ2v) is 8.90. The fourth-order valence-electron chi connectivity index (χ4n) is 4.40. The molecule has 1 N–H and O–H groups in total. The van der Waals surface area contributed by atoms with Crippen molar-refractivity contribution in [1.29, 1.82) is 0 Å². The summed E-state index contributed by atoms with van der Waals surface area (Å²) in [6.07, 6.45) is 3.47. The SMILES string of the molecule is CN(C)c1ccc(CNCCC(c2ccccc2)C2CCOC(C)(C)C2)cc1.Cl. The summed E-state index contributed by atoms with van der Waals surface area (Å²) in [5.41, 5.74) is 4.06. The van der Waals surface area contributed by atoms with Crippen molar-refractivity contribution in [1.82, 2.24) is 5.32 Å². The zero-order valence-electron chi connectivity index (χ0n) is 18.4. The molecule has 3 rings (SSSR count). The molecule has 0 spiro atoms. The molecule has 1 heterocycles. The molecule has 4 heteroatoms. The van der Waals surface area contributed by atoms with Crippen LogP contribution in [0, 0.1) is 5.92 Å². The molecule has 0 bridgehead atoms. The first-order valence-electron chi connectivity index (χ1n) is 10.6. The van der Waals surface area contributed by atoms with Gasteiger partial charge in [-0.2, -0.15) is 0 Å². The predicted molar refractivity (Wildman–Crippen MR) is 126 cm³/mol. The molecular weight excluding hydrogens is 380 g/mol. The standard InChI is InChI=1S/C25H36N2O.ClH/c1-25(2)18-22(15-17-28-25)24(21-8-6-5-7-9-21)14-16-26-19-20-10-12-23(13-11-20)27(3)4;/h5-13,22,24,26H,14-19H2,1-4H3;1H. The van der Waals surface area contributed by atoms with Gasteiger partial charge in [-0.15, -0.1) is 12.4 Å². The average Bonchev–Trinajstić information content (AvgIpc) is 2.68. The van der Waals surface area contributed by atoms with Crippen molar-refractivity contribution in [3.05, 3.63) is 65.7 Å². The molecule has 0 radical (unpaired) electrons. The van der Waals surface area contributed by atoms with Gasteiger partial charge >= 0.3 is 0 Å². The summed E-state index contributed by atoms with van der Waals surface area (Å²) in [7, 11) is 4.16. The van der Waals surface area contributed by atoms with Crippen molar-refractivity contribution in [2.75, 3.05) is 32.1 Å². The van der Waals surface area contributed by atoms with Gasteiger partial charge in [0.2, 0.25) is 0 Å². The number of nitrogens with zero attached hydrogens (tertiary/aromatic N) is 1. The molecule has 0 aliphatic carbocycles. The number of hydrogen-bond acceptors (Lipinski definition) is 3. The number of anilines is 1. The van der Waals surface area contributed by atoms with E-state index in [2.05, 4.69) is 92.8 Å². The second kappa shape index (κ2) is 11.0. The first-order chi connectivity index (χ1) is 13.4. The van der Waals surface area contributed by atoms with Crippen LogP contribution in [0.25, 0.3) is 0 Å². The number of ether oxygens (including phenoxy) is 1. The Balaban J connectivity index is 0.00000300. The zero-order valence-corrected chi connectivity index (χ0v) is 19.2. The van der Waals surface area contributed by atoms with Gasteiger partial charge in [-0.05, 0) is 74.8 Å². The Labute approximate surface area is 183 Å². The molecule has 1 aliphatic heterocycles. The van der Waals surface area contributed by atoms with Crippen LogP contribution in [0.15, 0.2) is 54.6 Å². The van der Waals surface area contributed by atoms with Gasteiger partial charge in [-0.1, -0.05) is 42.5 Å². The Morgan fingerprint density at radius 3 is 2.38 bits per heavy atom. The summed E-state index contributed by atoms with van der Waals surface area (Å²) < 4.78 is 5.97. The maximum Gasteiger partial charge on any atom is 0.0629 e. The number of nitrogens with one attached hydrogen (secondary N) is 1. The van der Waals surface area contributed by atoms with Crippen LogP contribution >= 0.6 is 12.4 Å². The van der Waals surface area contributed by atoms with E-state index in [1.54, 1.807) is 0 Å². The highest BCUT2D eigenvalue weighted by Gasteiger charge is 2.33. The number of rotatable bonds is 8. The quantitative estimate of drug-likeness (QED) is 0.563. The number of benzene rings is 2. The first-order valence-corrected chi connectivity index (χ1v) is 10.6. The Bertz CT molecular complexity index is 715. The minimum Gasteiger partial charge on any atom is -0.378 e. The minimum atomic E-state index is -0.00242. The maximum absolute atomic E-state index is 5.97. The summed E-state index contributed by atoms with van der Waals surface area (Å²) in [5, 5.41) is 3.67. The highest BCUT2D eigenvalue weighted by molar-refractivity contribution is 5.85. The molecule has 1 saturated heterocycles. The Kier molecular flexibility index (Phi) is 9.01. The van der Waals surface area contributed by atoms with Crippen LogP contribution in [-0.4, -0.2) is 32.8 Å². The maximum atomic E-state index is 5.97. The van der Waals surface area contributed by atoms with Crippen molar-refractivity contribution in [3.8, 4) is 0 Å². The number of hydrogen-bond donors (Lipinski definition) is 1. The lowest BCUT2D eigenvalue weighted by Gasteiger charge is -2.39. The first kappa shape index (κ1) is 23.7. The highest BCUT2D eigenvalue weighted by atomic mass is 35.5. The van der Waals surface area contributed by atoms with E-state index in [0.29, 0.717) is 11.8 Å². The lowest BCUT2D eigenvalue weighted by Crippen LogP contribution is -2.36. The molecule has 0 amide bonds. The van der Waals surface area contributed by atoms with Gasteiger partial charge in [0.05, 0.1) is 5.60 Å². The molecule has 2 aromatic rings. The third-order valence-electron chi connectivity index (χ3n) is 5.95. The summed E-state index contributed by atoms with van der Waals surface area (Å²) in [6.45, 7) is 7.31. The molecule has 2 atom stereocenters. The molecule has 2 aromatic carbocycles. The van der Waals surface area contributed by atoms with E-state index in [9.17, 15) is 0 Å². The zero-order chi connectivity index (χ0) is 20.0. The van der Waals surface area contributed by atoms with Gasteiger partial charge < -0.3 is 15.0 Å². The van der Waals surface area contributed by atoms with E-state index >= 15 is 0 Å². The van der Waals surface area contributed by atoms with Crippen LogP contribution in [0.2, 0.25) is 0 Å². The van der Waals surface area contributed by atoms with Crippen molar-refractivity contribution >= 4 is 18.1 Å². The van der Waals surface area contributed by atoms with E-state index in [0.717, 1.165) is 32.5 Å². The van der Waals surface area contributed by atoms with E-state index in [1.165, 1.54) is 23.2 Å². The number of halogens is 1. The molecular formula is C25H37ClN2O. The molecule has 1 fully saturated rings. The normalized spacial score (nSPS) is 19.2. The van der Waals surface area contributed by atoms with Gasteiger partial charge in [0, 0.05) is 32.9 Å². The third-order valence-corrected chi connectivity index (χ3v) is 5.95. The summed E-state index contributed by atoms with van der Waals surface area (Å²) in [6, 6.07) is 19.9. The Morgan fingerprint density at radius 1 is 1.07 bits per heavy atom. The van der Waals surface area contributed by atoms with Gasteiger partial charge in [0.25, 0.3) is 0 Å². The van der Waals surface area contributed by atoms with Crippen molar-refractivity contribution in [2.45, 2.75) is 51.2 Å². The molecule has 29 heavy (non-hydrogen) atoms. The third kappa shape index (κ3) is 7.02. The van der Waals surface area contributed by atoms with E-state index in [4.69, 9.17) is 4.74 Å². The van der Waals surface area contributed by atoms with Crippen molar-refractivity contribution in [2.24, 2.45) is 5.92 Å². The summed E-state index contributed by atoms with van der Waals surface area (Å²) >= 11 is 0. The molecule has 2 unspecified atom stereocenters.